The summed E-state index contributed by atoms with van der Waals surface area (Å²) < 4.78 is 11.9. The summed E-state index contributed by atoms with van der Waals surface area (Å²) in [7, 11) is 0. The summed E-state index contributed by atoms with van der Waals surface area (Å²) in [4.78, 5) is 27.6. The number of hydrogen-bond acceptors (Lipinski definition) is 8. The number of aromatic nitrogens is 2. The Kier molecular flexibility index (Phi) is 14.4. The number of aliphatic hydroxyl groups excluding tert-OH is 2. The largest absolute Gasteiger partial charge is 0.463 e. The van der Waals surface area contributed by atoms with E-state index in [1.807, 2.05) is 0 Å². The lowest BCUT2D eigenvalue weighted by Crippen LogP contribution is -2.36. The first-order valence-electron chi connectivity index (χ1n) is 13.6. The molecule has 1 aromatic rings. The molecule has 1 aromatic heterocycles. The zero-order valence-electron chi connectivity index (χ0n) is 21.7. The van der Waals surface area contributed by atoms with Crippen LogP contribution in [0.4, 0.5) is 5.82 Å². The first kappa shape index (κ1) is 30.0. The van der Waals surface area contributed by atoms with E-state index in [2.05, 4.69) is 24.1 Å². The normalized spacial score (nSPS) is 21.9. The second-order valence-corrected chi connectivity index (χ2v) is 9.61. The Bertz CT molecular complexity index is 843. The van der Waals surface area contributed by atoms with Crippen LogP contribution in [-0.4, -0.2) is 50.7 Å². The summed E-state index contributed by atoms with van der Waals surface area (Å²) in [5.41, 5.74) is 4.77. The van der Waals surface area contributed by atoms with Gasteiger partial charge in [0.1, 0.15) is 30.7 Å². The summed E-state index contributed by atoms with van der Waals surface area (Å²) in [6, 6.07) is 1.39. The van der Waals surface area contributed by atoms with Gasteiger partial charge in [-0.25, -0.2) is 4.79 Å². The molecule has 0 amide bonds. The summed E-state index contributed by atoms with van der Waals surface area (Å²) in [5, 5.41) is 20.5. The summed E-state index contributed by atoms with van der Waals surface area (Å²) in [5.74, 6) is -0.321. The first-order valence-corrected chi connectivity index (χ1v) is 13.6. The van der Waals surface area contributed by atoms with Gasteiger partial charge in [-0.3, -0.25) is 9.36 Å². The van der Waals surface area contributed by atoms with Gasteiger partial charge in [0, 0.05) is 12.6 Å². The highest BCUT2D eigenvalue weighted by Crippen LogP contribution is 2.28. The molecule has 1 aliphatic heterocycles. The maximum absolute atomic E-state index is 12.1. The van der Waals surface area contributed by atoms with E-state index in [4.69, 9.17) is 15.2 Å². The molecule has 2 heterocycles. The molecule has 9 heteroatoms. The van der Waals surface area contributed by atoms with Crippen molar-refractivity contribution in [2.45, 2.75) is 121 Å². The number of unbranched alkanes of at least 4 members (excludes halogenated alkanes) is 11. The molecule has 0 spiro atoms. The van der Waals surface area contributed by atoms with Crippen LogP contribution in [0.2, 0.25) is 0 Å². The van der Waals surface area contributed by atoms with Gasteiger partial charge >= 0.3 is 11.7 Å². The van der Waals surface area contributed by atoms with Crippen molar-refractivity contribution in [1.29, 1.82) is 0 Å². The van der Waals surface area contributed by atoms with Gasteiger partial charge in [-0.1, -0.05) is 70.4 Å². The Labute approximate surface area is 214 Å². The van der Waals surface area contributed by atoms with Crippen LogP contribution >= 0.6 is 0 Å². The zero-order valence-corrected chi connectivity index (χ0v) is 21.7. The number of nitrogens with two attached hydrogens (primary N) is 1. The van der Waals surface area contributed by atoms with Gasteiger partial charge in [-0.05, 0) is 38.2 Å². The predicted octanol–water partition coefficient (Wildman–Crippen LogP) is 4.03. The number of nitrogen functional groups attached to an aromatic ring is 1. The molecular weight excluding hydrogens is 462 g/mol. The maximum Gasteiger partial charge on any atom is 0.351 e. The van der Waals surface area contributed by atoms with Crippen LogP contribution in [0.3, 0.4) is 0 Å². The molecule has 0 aliphatic carbocycles. The Balaban J connectivity index is 1.50. The fourth-order valence-electron chi connectivity index (χ4n) is 4.30. The number of rotatable bonds is 18. The number of ether oxygens (including phenoxy) is 2. The summed E-state index contributed by atoms with van der Waals surface area (Å²) >= 11 is 0. The topological polar surface area (TPSA) is 137 Å². The number of esters is 1. The van der Waals surface area contributed by atoms with Crippen LogP contribution in [0, 0.1) is 0 Å². The first-order chi connectivity index (χ1) is 17.4. The third kappa shape index (κ3) is 10.8. The summed E-state index contributed by atoms with van der Waals surface area (Å²) in [6.45, 7) is 2.05. The van der Waals surface area contributed by atoms with E-state index in [-0.39, 0.29) is 18.4 Å². The van der Waals surface area contributed by atoms with Crippen molar-refractivity contribution in [3.8, 4) is 0 Å². The molecule has 204 valence electrons. The number of hydrogen-bond donors (Lipinski definition) is 3. The van der Waals surface area contributed by atoms with E-state index in [0.29, 0.717) is 6.42 Å². The van der Waals surface area contributed by atoms with Gasteiger partial charge in [-0.15, -0.1) is 0 Å². The summed E-state index contributed by atoms with van der Waals surface area (Å²) in [6.07, 6.45) is 17.0. The number of nitrogens with zero attached hydrogens (tertiary/aromatic N) is 2. The molecule has 0 radical (unpaired) electrons. The van der Waals surface area contributed by atoms with Crippen molar-refractivity contribution in [3.63, 3.8) is 0 Å². The standard InChI is InChI=1S/C27H45N3O6/c1-2-3-4-5-6-7-8-9-10-11-12-13-14-15-16-17-23(31)35-20-21-24(32)25(33)26(36-21)30-19-18-22(28)29-27(30)34/h9-10,18-19,21,24-26,32-33H,2-8,11-17,20H2,1H3,(H2,28,29,34)/t21-,24-,25+,26-/m1/s1. The van der Waals surface area contributed by atoms with Crippen LogP contribution in [0.5, 0.6) is 0 Å². The van der Waals surface area contributed by atoms with Crippen molar-refractivity contribution in [1.82, 2.24) is 9.55 Å². The molecular formula is C27H45N3O6. The molecule has 2 rings (SSSR count). The fourth-order valence-corrected chi connectivity index (χ4v) is 4.30. The quantitative estimate of drug-likeness (QED) is 0.154. The average molecular weight is 508 g/mol. The van der Waals surface area contributed by atoms with Gasteiger partial charge in [0.25, 0.3) is 0 Å². The maximum atomic E-state index is 12.1. The van der Waals surface area contributed by atoms with Crippen LogP contribution in [0.1, 0.15) is 103 Å². The SMILES string of the molecule is CCCCCCCCC=CCCCCCCCC(=O)OC[C@H]1O[C@@H](n2ccc(N)nc2=O)[C@@H](O)[C@@H]1O. The van der Waals surface area contributed by atoms with Crippen LogP contribution in [-0.2, 0) is 14.3 Å². The van der Waals surface area contributed by atoms with E-state index in [1.165, 1.54) is 63.6 Å². The fraction of sp³-hybridized carbons (Fsp3) is 0.741. The number of carbonyl (C=O) groups is 1. The van der Waals surface area contributed by atoms with Crippen molar-refractivity contribution in [2.75, 3.05) is 12.3 Å². The lowest BCUT2D eigenvalue weighted by Gasteiger charge is -2.16. The third-order valence-corrected chi connectivity index (χ3v) is 6.51. The monoisotopic (exact) mass is 507 g/mol. The second kappa shape index (κ2) is 17.3. The molecule has 36 heavy (non-hydrogen) atoms. The van der Waals surface area contributed by atoms with E-state index in [9.17, 15) is 19.8 Å². The number of aliphatic hydroxyl groups is 2. The molecule has 4 atom stereocenters. The van der Waals surface area contributed by atoms with Crippen molar-refractivity contribution in [3.05, 3.63) is 34.9 Å². The lowest BCUT2D eigenvalue weighted by atomic mass is 10.1. The van der Waals surface area contributed by atoms with E-state index >= 15 is 0 Å². The number of carbonyl (C=O) groups excluding carboxylic acids is 1. The van der Waals surface area contributed by atoms with Gasteiger partial charge in [-0.2, -0.15) is 4.98 Å². The van der Waals surface area contributed by atoms with Crippen molar-refractivity contribution < 1.29 is 24.5 Å². The Hall–Kier alpha value is -2.23. The highest BCUT2D eigenvalue weighted by molar-refractivity contribution is 5.69. The molecule has 4 N–H and O–H groups in total. The highest BCUT2D eigenvalue weighted by atomic mass is 16.6. The van der Waals surface area contributed by atoms with E-state index in [0.717, 1.165) is 36.7 Å². The van der Waals surface area contributed by atoms with E-state index < -0.39 is 30.2 Å². The minimum Gasteiger partial charge on any atom is -0.463 e. The molecule has 1 aliphatic rings. The Morgan fingerprint density at radius 1 is 1.03 bits per heavy atom. The Morgan fingerprint density at radius 2 is 1.64 bits per heavy atom. The second-order valence-electron chi connectivity index (χ2n) is 9.61. The van der Waals surface area contributed by atoms with Gasteiger partial charge in [0.05, 0.1) is 0 Å². The zero-order chi connectivity index (χ0) is 26.2. The van der Waals surface area contributed by atoms with Crippen molar-refractivity contribution >= 4 is 11.8 Å². The molecule has 9 nitrogen and oxygen atoms in total. The number of allylic oxidation sites excluding steroid dienone is 2. The molecule has 0 aromatic carbocycles. The molecule has 0 bridgehead atoms. The van der Waals surface area contributed by atoms with Crippen LogP contribution in [0.15, 0.2) is 29.2 Å². The van der Waals surface area contributed by atoms with E-state index in [1.54, 1.807) is 0 Å². The van der Waals surface area contributed by atoms with Gasteiger partial charge in [0.15, 0.2) is 6.23 Å². The third-order valence-electron chi connectivity index (χ3n) is 6.51. The van der Waals surface area contributed by atoms with Crippen LogP contribution in [0.25, 0.3) is 0 Å². The molecule has 1 fully saturated rings. The number of anilines is 1. The van der Waals surface area contributed by atoms with Gasteiger partial charge < -0.3 is 25.4 Å². The average Bonchev–Trinajstić information content (AvgIpc) is 3.13. The molecule has 0 unspecified atom stereocenters. The lowest BCUT2D eigenvalue weighted by molar-refractivity contribution is -0.150. The smallest absolute Gasteiger partial charge is 0.351 e. The van der Waals surface area contributed by atoms with Crippen molar-refractivity contribution in [2.24, 2.45) is 0 Å². The predicted molar refractivity (Wildman–Crippen MR) is 139 cm³/mol. The minimum atomic E-state index is -1.36. The minimum absolute atomic E-state index is 0.0467. The highest BCUT2D eigenvalue weighted by Gasteiger charge is 2.44. The molecule has 1 saturated heterocycles. The van der Waals surface area contributed by atoms with Gasteiger partial charge in [0.2, 0.25) is 0 Å². The Morgan fingerprint density at radius 3 is 2.28 bits per heavy atom. The molecule has 0 saturated carbocycles. The van der Waals surface area contributed by atoms with Crippen LogP contribution < -0.4 is 11.4 Å².